The molecule has 1 saturated heterocycles. The van der Waals surface area contributed by atoms with E-state index >= 15 is 0 Å². The van der Waals surface area contributed by atoms with E-state index in [1.165, 1.54) is 22.4 Å². The highest BCUT2D eigenvalue weighted by atomic mass is 79.9. The number of nitrogens with one attached hydrogen (secondary N) is 1. The summed E-state index contributed by atoms with van der Waals surface area (Å²) in [5, 5.41) is 5.17. The Hall–Kier alpha value is -1.51. The molecule has 0 saturated carbocycles. The molecule has 1 N–H and O–H groups in total. The third-order valence-electron chi connectivity index (χ3n) is 3.51. The molecule has 6 nitrogen and oxygen atoms in total. The first kappa shape index (κ1) is 16.4. The molecule has 3 rings (SSSR count). The lowest BCUT2D eigenvalue weighted by Gasteiger charge is -2.23. The Morgan fingerprint density at radius 1 is 1.43 bits per heavy atom. The largest absolute Gasteiger partial charge is 0.327 e. The third kappa shape index (κ3) is 3.54. The van der Waals surface area contributed by atoms with E-state index < -0.39 is 6.04 Å². The van der Waals surface area contributed by atoms with E-state index in [-0.39, 0.29) is 22.5 Å². The molecule has 9 heteroatoms. The van der Waals surface area contributed by atoms with E-state index in [1.54, 1.807) is 17.6 Å². The van der Waals surface area contributed by atoms with Gasteiger partial charge in [0.05, 0.1) is 5.56 Å². The third-order valence-corrected chi connectivity index (χ3v) is 4.94. The summed E-state index contributed by atoms with van der Waals surface area (Å²) in [5.74, 6) is -0.523. The van der Waals surface area contributed by atoms with Crippen LogP contribution in [-0.4, -0.2) is 39.3 Å². The summed E-state index contributed by atoms with van der Waals surface area (Å²) in [6.45, 7) is 0.512. The second-order valence-electron chi connectivity index (χ2n) is 4.97. The van der Waals surface area contributed by atoms with Crippen molar-refractivity contribution in [2.45, 2.75) is 18.9 Å². The average molecular weight is 416 g/mol. The van der Waals surface area contributed by atoms with Crippen molar-refractivity contribution in [3.05, 3.63) is 39.0 Å². The van der Waals surface area contributed by atoms with Crippen LogP contribution in [0.5, 0.6) is 0 Å². The van der Waals surface area contributed by atoms with Crippen LogP contribution in [0, 0.1) is 0 Å². The maximum atomic E-state index is 12.7. The topological polar surface area (TPSA) is 75.2 Å². The molecular weight excluding hydrogens is 404 g/mol. The molecule has 2 aromatic rings. The number of nitrogens with zero attached hydrogens (tertiary/aromatic N) is 3. The molecule has 1 unspecified atom stereocenters. The molecule has 120 valence electrons. The minimum atomic E-state index is -0.526. The highest BCUT2D eigenvalue weighted by Crippen LogP contribution is 2.26. The zero-order chi connectivity index (χ0) is 16.4. The van der Waals surface area contributed by atoms with Crippen molar-refractivity contribution in [1.82, 2.24) is 14.9 Å². The fraction of sp³-hybridized carbons (Fsp3) is 0.286. The molecule has 1 aliphatic heterocycles. The number of hydrogen-bond donors (Lipinski definition) is 1. The molecule has 23 heavy (non-hydrogen) atoms. The van der Waals surface area contributed by atoms with E-state index in [9.17, 15) is 9.59 Å². The van der Waals surface area contributed by atoms with Crippen molar-refractivity contribution in [3.8, 4) is 0 Å². The maximum absolute atomic E-state index is 12.7. The number of amides is 2. The Morgan fingerprint density at radius 2 is 2.26 bits per heavy atom. The van der Waals surface area contributed by atoms with Gasteiger partial charge in [-0.25, -0.2) is 9.97 Å². The molecule has 3 heterocycles. The number of carbonyl (C=O) groups is 2. The molecule has 1 aliphatic rings. The molecule has 1 fully saturated rings. The average Bonchev–Trinajstić information content (AvgIpc) is 3.20. The fourth-order valence-electron chi connectivity index (χ4n) is 2.48. The zero-order valence-corrected chi connectivity index (χ0v) is 15.0. The van der Waals surface area contributed by atoms with E-state index in [2.05, 4.69) is 31.2 Å². The van der Waals surface area contributed by atoms with Gasteiger partial charge in [-0.1, -0.05) is 11.6 Å². The van der Waals surface area contributed by atoms with Crippen LogP contribution in [0.25, 0.3) is 0 Å². The molecule has 0 spiro atoms. The molecular formula is C14H12BrClN4O2S. The molecule has 0 aliphatic carbocycles. The summed E-state index contributed by atoms with van der Waals surface area (Å²) in [6, 6.07) is 1.09. The minimum Gasteiger partial charge on any atom is -0.327 e. The van der Waals surface area contributed by atoms with Crippen LogP contribution < -0.4 is 5.32 Å². The number of halogens is 2. The van der Waals surface area contributed by atoms with Crippen molar-refractivity contribution < 1.29 is 9.59 Å². The van der Waals surface area contributed by atoms with Gasteiger partial charge in [-0.05, 0) is 34.8 Å². The van der Waals surface area contributed by atoms with Gasteiger partial charge in [0, 0.05) is 28.8 Å². The van der Waals surface area contributed by atoms with Crippen LogP contribution in [0.4, 0.5) is 5.13 Å². The molecule has 0 aromatic carbocycles. The van der Waals surface area contributed by atoms with Gasteiger partial charge in [-0.2, -0.15) is 0 Å². The predicted molar refractivity (Wildman–Crippen MR) is 91.7 cm³/mol. The second kappa shape index (κ2) is 6.94. The predicted octanol–water partition coefficient (Wildman–Crippen LogP) is 3.20. The zero-order valence-electron chi connectivity index (χ0n) is 11.8. The first-order valence-corrected chi connectivity index (χ1v) is 8.93. The monoisotopic (exact) mass is 414 g/mol. The van der Waals surface area contributed by atoms with Gasteiger partial charge >= 0.3 is 0 Å². The van der Waals surface area contributed by atoms with Crippen LogP contribution >= 0.6 is 38.9 Å². The summed E-state index contributed by atoms with van der Waals surface area (Å²) in [7, 11) is 0. The van der Waals surface area contributed by atoms with Crippen molar-refractivity contribution in [3.63, 3.8) is 0 Å². The molecule has 2 amide bonds. The molecule has 0 bridgehead atoms. The smallest absolute Gasteiger partial charge is 0.257 e. The Labute approximate surface area is 150 Å². The number of rotatable bonds is 3. The van der Waals surface area contributed by atoms with E-state index in [0.717, 1.165) is 6.42 Å². The van der Waals surface area contributed by atoms with Crippen LogP contribution in [0.2, 0.25) is 5.15 Å². The van der Waals surface area contributed by atoms with Crippen molar-refractivity contribution in [2.24, 2.45) is 0 Å². The number of likely N-dealkylation sites (tertiary alicyclic amines) is 1. The number of thiazole rings is 1. The Morgan fingerprint density at radius 3 is 3.00 bits per heavy atom. The SMILES string of the molecule is O=C(Nc1nccs1)C1CCCN1C(=O)c1cc(Br)cnc1Cl. The van der Waals surface area contributed by atoms with Crippen LogP contribution in [-0.2, 0) is 4.79 Å². The molecule has 1 atom stereocenters. The van der Waals surface area contributed by atoms with E-state index in [1.807, 2.05) is 0 Å². The maximum Gasteiger partial charge on any atom is 0.257 e. The number of carbonyl (C=O) groups excluding carboxylic acids is 2. The highest BCUT2D eigenvalue weighted by molar-refractivity contribution is 9.10. The lowest BCUT2D eigenvalue weighted by Crippen LogP contribution is -2.43. The lowest BCUT2D eigenvalue weighted by molar-refractivity contribution is -0.119. The van der Waals surface area contributed by atoms with Gasteiger partial charge in [-0.15, -0.1) is 11.3 Å². The fourth-order valence-corrected chi connectivity index (χ4v) is 3.53. The van der Waals surface area contributed by atoms with Crippen molar-refractivity contribution in [2.75, 3.05) is 11.9 Å². The van der Waals surface area contributed by atoms with Gasteiger partial charge in [0.2, 0.25) is 5.91 Å². The van der Waals surface area contributed by atoms with Gasteiger partial charge in [0.15, 0.2) is 5.13 Å². The summed E-state index contributed by atoms with van der Waals surface area (Å²) in [4.78, 5) is 34.7. The molecule has 2 aromatic heterocycles. The Bertz CT molecular complexity index is 740. The second-order valence-corrected chi connectivity index (χ2v) is 7.14. The first-order chi connectivity index (χ1) is 11.1. The number of aromatic nitrogens is 2. The standard InChI is InChI=1S/C14H12BrClN4O2S/c15-8-6-9(11(16)18-7-8)13(22)20-4-1-2-10(20)12(21)19-14-17-3-5-23-14/h3,5-7,10H,1-2,4H2,(H,17,19,21). The van der Waals surface area contributed by atoms with Gasteiger partial charge in [0.1, 0.15) is 11.2 Å². The van der Waals surface area contributed by atoms with Crippen molar-refractivity contribution >= 4 is 55.8 Å². The first-order valence-electron chi connectivity index (χ1n) is 6.88. The lowest BCUT2D eigenvalue weighted by atomic mass is 10.2. The van der Waals surface area contributed by atoms with Gasteiger partial charge in [0.25, 0.3) is 5.91 Å². The quantitative estimate of drug-likeness (QED) is 0.781. The van der Waals surface area contributed by atoms with E-state index in [4.69, 9.17) is 11.6 Å². The Balaban J connectivity index is 1.79. The minimum absolute atomic E-state index is 0.129. The summed E-state index contributed by atoms with van der Waals surface area (Å²) in [6.07, 6.45) is 4.52. The Kier molecular flexibility index (Phi) is 4.93. The highest BCUT2D eigenvalue weighted by Gasteiger charge is 2.35. The van der Waals surface area contributed by atoms with Crippen LogP contribution in [0.3, 0.4) is 0 Å². The van der Waals surface area contributed by atoms with E-state index in [0.29, 0.717) is 22.6 Å². The number of pyridine rings is 1. The summed E-state index contributed by atoms with van der Waals surface area (Å²) < 4.78 is 0.660. The van der Waals surface area contributed by atoms with Gasteiger partial charge in [-0.3, -0.25) is 9.59 Å². The van der Waals surface area contributed by atoms with Crippen molar-refractivity contribution in [1.29, 1.82) is 0 Å². The summed E-state index contributed by atoms with van der Waals surface area (Å²) in [5.41, 5.74) is 0.287. The number of anilines is 1. The number of hydrogen-bond acceptors (Lipinski definition) is 5. The summed E-state index contributed by atoms with van der Waals surface area (Å²) >= 11 is 10.6. The normalized spacial score (nSPS) is 17.3. The molecule has 0 radical (unpaired) electrons. The van der Waals surface area contributed by atoms with Crippen LogP contribution in [0.1, 0.15) is 23.2 Å². The van der Waals surface area contributed by atoms with Gasteiger partial charge < -0.3 is 10.2 Å². The van der Waals surface area contributed by atoms with Crippen LogP contribution in [0.15, 0.2) is 28.3 Å².